The first kappa shape index (κ1) is 11.1. The van der Waals surface area contributed by atoms with Crippen molar-refractivity contribution in [1.82, 2.24) is 4.98 Å². The van der Waals surface area contributed by atoms with E-state index in [1.54, 1.807) is 6.20 Å². The minimum atomic E-state index is 0.475. The van der Waals surface area contributed by atoms with Gasteiger partial charge in [0, 0.05) is 12.2 Å². The molecule has 3 N–H and O–H groups in total. The van der Waals surface area contributed by atoms with Gasteiger partial charge in [-0.05, 0) is 36.5 Å². The predicted octanol–water partition coefficient (Wildman–Crippen LogP) is 2.63. The third kappa shape index (κ3) is 2.30. The number of pyridine rings is 1. The molecule has 1 heterocycles. The van der Waals surface area contributed by atoms with Gasteiger partial charge in [0.25, 0.3) is 0 Å². The Kier molecular flexibility index (Phi) is 2.89. The number of benzene rings is 1. The van der Waals surface area contributed by atoms with Gasteiger partial charge in [-0.3, -0.25) is 4.98 Å². The van der Waals surface area contributed by atoms with Gasteiger partial charge in [0.2, 0.25) is 0 Å². The average Bonchev–Trinajstić information content (AvgIpc) is 2.39. The van der Waals surface area contributed by atoms with Crippen molar-refractivity contribution in [2.24, 2.45) is 0 Å². The number of hydrogen-bond acceptors (Lipinski definition) is 3. The lowest BCUT2D eigenvalue weighted by molar-refractivity contribution is 0.611. The Bertz CT molecular complexity index is 551. The van der Waals surface area contributed by atoms with Crippen LogP contribution in [0.1, 0.15) is 17.5 Å². The summed E-state index contributed by atoms with van der Waals surface area (Å²) >= 11 is 0. The monoisotopic (exact) mass is 239 g/mol. The van der Waals surface area contributed by atoms with Crippen LogP contribution in [0.4, 0.5) is 11.4 Å². The maximum atomic E-state index is 5.74. The van der Waals surface area contributed by atoms with E-state index in [1.165, 1.54) is 11.1 Å². The molecule has 2 aromatic rings. The smallest absolute Gasteiger partial charge is 0.0549 e. The van der Waals surface area contributed by atoms with Crippen LogP contribution in [0.5, 0.6) is 0 Å². The van der Waals surface area contributed by atoms with E-state index in [4.69, 9.17) is 5.73 Å². The van der Waals surface area contributed by atoms with Gasteiger partial charge in [-0.1, -0.05) is 24.3 Å². The number of fused-ring (bicyclic) bond motifs is 1. The molecule has 18 heavy (non-hydrogen) atoms. The fourth-order valence-electron chi connectivity index (χ4n) is 2.59. The van der Waals surface area contributed by atoms with Crippen LogP contribution >= 0.6 is 0 Å². The topological polar surface area (TPSA) is 50.9 Å². The summed E-state index contributed by atoms with van der Waals surface area (Å²) in [6.45, 7) is 0. The molecule has 0 saturated carbocycles. The lowest BCUT2D eigenvalue weighted by Crippen LogP contribution is -2.27. The molecule has 1 aromatic carbocycles. The number of nitrogens with two attached hydrogens (primary N) is 1. The highest BCUT2D eigenvalue weighted by atomic mass is 14.9. The van der Waals surface area contributed by atoms with Gasteiger partial charge in [-0.2, -0.15) is 0 Å². The van der Waals surface area contributed by atoms with Gasteiger partial charge in [0.1, 0.15) is 0 Å². The molecular formula is C15H17N3. The van der Waals surface area contributed by atoms with Crippen LogP contribution in [0.15, 0.2) is 42.7 Å². The van der Waals surface area contributed by atoms with Crippen LogP contribution in [0.25, 0.3) is 0 Å². The molecule has 1 aliphatic carbocycles. The van der Waals surface area contributed by atoms with Crippen molar-refractivity contribution in [3.63, 3.8) is 0 Å². The molecular weight excluding hydrogens is 222 g/mol. The van der Waals surface area contributed by atoms with E-state index in [1.807, 2.05) is 12.3 Å². The predicted molar refractivity (Wildman–Crippen MR) is 74.5 cm³/mol. The molecule has 0 aliphatic heterocycles. The summed E-state index contributed by atoms with van der Waals surface area (Å²) in [5.74, 6) is 0. The SMILES string of the molecule is Nc1cncc(NC2CCc3ccccc3C2)c1. The number of aromatic nitrogens is 1. The van der Waals surface area contributed by atoms with Crippen molar-refractivity contribution in [1.29, 1.82) is 0 Å². The number of hydrogen-bond donors (Lipinski definition) is 2. The zero-order valence-electron chi connectivity index (χ0n) is 10.3. The molecule has 0 fully saturated rings. The molecule has 0 radical (unpaired) electrons. The van der Waals surface area contributed by atoms with Crippen molar-refractivity contribution in [3.05, 3.63) is 53.9 Å². The van der Waals surface area contributed by atoms with E-state index in [0.717, 1.165) is 24.9 Å². The number of nitrogen functional groups attached to an aromatic ring is 1. The molecule has 0 bridgehead atoms. The molecule has 0 spiro atoms. The number of rotatable bonds is 2. The maximum absolute atomic E-state index is 5.74. The third-order valence-electron chi connectivity index (χ3n) is 3.48. The zero-order valence-corrected chi connectivity index (χ0v) is 10.3. The Morgan fingerprint density at radius 1 is 1.17 bits per heavy atom. The van der Waals surface area contributed by atoms with Gasteiger partial charge in [-0.15, -0.1) is 0 Å². The van der Waals surface area contributed by atoms with E-state index in [2.05, 4.69) is 34.6 Å². The zero-order chi connectivity index (χ0) is 12.4. The first-order valence-corrected chi connectivity index (χ1v) is 6.35. The van der Waals surface area contributed by atoms with Crippen molar-refractivity contribution >= 4 is 11.4 Å². The molecule has 1 aromatic heterocycles. The number of aryl methyl sites for hydroxylation is 1. The Labute approximate surface area is 107 Å². The molecule has 0 amide bonds. The molecule has 92 valence electrons. The van der Waals surface area contributed by atoms with Gasteiger partial charge in [0.15, 0.2) is 0 Å². The van der Waals surface area contributed by atoms with Crippen molar-refractivity contribution in [3.8, 4) is 0 Å². The summed E-state index contributed by atoms with van der Waals surface area (Å²) in [7, 11) is 0. The van der Waals surface area contributed by atoms with Crippen molar-refractivity contribution < 1.29 is 0 Å². The Hall–Kier alpha value is -2.03. The summed E-state index contributed by atoms with van der Waals surface area (Å²) < 4.78 is 0. The summed E-state index contributed by atoms with van der Waals surface area (Å²) in [5.41, 5.74) is 10.4. The van der Waals surface area contributed by atoms with Crippen LogP contribution in [-0.4, -0.2) is 11.0 Å². The Balaban J connectivity index is 1.73. The second-order valence-corrected chi connectivity index (χ2v) is 4.86. The number of anilines is 2. The third-order valence-corrected chi connectivity index (χ3v) is 3.48. The molecule has 0 saturated heterocycles. The van der Waals surface area contributed by atoms with E-state index in [9.17, 15) is 0 Å². The largest absolute Gasteiger partial charge is 0.397 e. The van der Waals surface area contributed by atoms with Crippen LogP contribution in [0.2, 0.25) is 0 Å². The molecule has 3 nitrogen and oxygen atoms in total. The fourth-order valence-corrected chi connectivity index (χ4v) is 2.59. The van der Waals surface area contributed by atoms with Crippen LogP contribution < -0.4 is 11.1 Å². The summed E-state index contributed by atoms with van der Waals surface area (Å²) in [6, 6.07) is 11.1. The van der Waals surface area contributed by atoms with Crippen LogP contribution in [0, 0.1) is 0 Å². The second kappa shape index (κ2) is 4.69. The maximum Gasteiger partial charge on any atom is 0.0549 e. The van der Waals surface area contributed by atoms with E-state index in [0.29, 0.717) is 11.7 Å². The van der Waals surface area contributed by atoms with Crippen LogP contribution in [-0.2, 0) is 12.8 Å². The highest BCUT2D eigenvalue weighted by molar-refractivity contribution is 5.52. The number of nitrogens with zero attached hydrogens (tertiary/aromatic N) is 1. The lowest BCUT2D eigenvalue weighted by atomic mass is 9.88. The van der Waals surface area contributed by atoms with E-state index >= 15 is 0 Å². The highest BCUT2D eigenvalue weighted by Gasteiger charge is 2.17. The Morgan fingerprint density at radius 2 is 2.00 bits per heavy atom. The molecule has 3 heteroatoms. The summed E-state index contributed by atoms with van der Waals surface area (Å²) in [4.78, 5) is 4.11. The first-order chi connectivity index (χ1) is 8.81. The van der Waals surface area contributed by atoms with Crippen molar-refractivity contribution in [2.75, 3.05) is 11.1 Å². The van der Waals surface area contributed by atoms with E-state index in [-0.39, 0.29) is 0 Å². The van der Waals surface area contributed by atoms with Crippen LogP contribution in [0.3, 0.4) is 0 Å². The average molecular weight is 239 g/mol. The minimum absolute atomic E-state index is 0.475. The molecule has 1 unspecified atom stereocenters. The van der Waals surface area contributed by atoms with Gasteiger partial charge in [-0.25, -0.2) is 0 Å². The molecule has 3 rings (SSSR count). The lowest BCUT2D eigenvalue weighted by Gasteiger charge is -2.26. The fraction of sp³-hybridized carbons (Fsp3) is 0.267. The van der Waals surface area contributed by atoms with E-state index < -0.39 is 0 Å². The van der Waals surface area contributed by atoms with Gasteiger partial charge in [0.05, 0.1) is 17.6 Å². The normalized spacial score (nSPS) is 18.1. The second-order valence-electron chi connectivity index (χ2n) is 4.86. The van der Waals surface area contributed by atoms with Gasteiger partial charge >= 0.3 is 0 Å². The first-order valence-electron chi connectivity index (χ1n) is 6.35. The number of nitrogens with one attached hydrogen (secondary N) is 1. The summed E-state index contributed by atoms with van der Waals surface area (Å²) in [5, 5.41) is 3.52. The Morgan fingerprint density at radius 3 is 2.83 bits per heavy atom. The highest BCUT2D eigenvalue weighted by Crippen LogP contribution is 2.23. The van der Waals surface area contributed by atoms with Gasteiger partial charge < -0.3 is 11.1 Å². The molecule has 1 aliphatic rings. The summed E-state index contributed by atoms with van der Waals surface area (Å²) in [6.07, 6.45) is 6.87. The van der Waals surface area contributed by atoms with Crippen molar-refractivity contribution in [2.45, 2.75) is 25.3 Å². The minimum Gasteiger partial charge on any atom is -0.397 e. The standard InChI is InChI=1S/C15H17N3/c16-13-8-15(10-17-9-13)18-14-6-5-11-3-1-2-4-12(11)7-14/h1-4,8-10,14,18H,5-7,16H2. The molecule has 1 atom stereocenters. The quantitative estimate of drug-likeness (QED) is 0.847.